The third-order valence-corrected chi connectivity index (χ3v) is 5.63. The summed E-state index contributed by atoms with van der Waals surface area (Å²) in [5.74, 6) is -3.02. The lowest BCUT2D eigenvalue weighted by Crippen LogP contribution is -2.38. The van der Waals surface area contributed by atoms with E-state index < -0.39 is 17.3 Å². The van der Waals surface area contributed by atoms with Gasteiger partial charge in [-0.2, -0.15) is 8.78 Å². The Balaban J connectivity index is 2.01. The third-order valence-electron chi connectivity index (χ3n) is 2.70. The number of halogens is 2. The second-order valence-electron chi connectivity index (χ2n) is 4.43. The van der Waals surface area contributed by atoms with Crippen molar-refractivity contribution < 1.29 is 18.7 Å². The maximum atomic E-state index is 12.4. The maximum absolute atomic E-state index is 12.4. The van der Waals surface area contributed by atoms with Gasteiger partial charge < -0.3 is 10.4 Å². The molecule has 2 N–H and O–H groups in total. The summed E-state index contributed by atoms with van der Waals surface area (Å²) in [6.07, 6.45) is 0. The van der Waals surface area contributed by atoms with Crippen LogP contribution in [-0.4, -0.2) is 23.3 Å². The number of nitrogens with one attached hydrogen (secondary N) is 1. The minimum Gasteiger partial charge on any atom is -0.383 e. The van der Waals surface area contributed by atoms with E-state index in [0.29, 0.717) is 11.8 Å². The fourth-order valence-electron chi connectivity index (χ4n) is 1.66. The topological polar surface area (TPSA) is 49.3 Å². The molecule has 0 aliphatic heterocycles. The minimum atomic E-state index is -2.57. The second-order valence-corrected chi connectivity index (χ2v) is 7.32. The summed E-state index contributed by atoms with van der Waals surface area (Å²) in [7, 11) is 0. The van der Waals surface area contributed by atoms with E-state index in [2.05, 4.69) is 5.32 Å². The summed E-state index contributed by atoms with van der Waals surface area (Å²) < 4.78 is 24.8. The van der Waals surface area contributed by atoms with Crippen LogP contribution in [0.15, 0.2) is 33.9 Å². The maximum Gasteiger partial charge on any atom is 0.288 e. The highest BCUT2D eigenvalue weighted by Gasteiger charge is 2.26. The molecule has 0 aromatic carbocycles. The highest BCUT2D eigenvalue weighted by molar-refractivity contribution is 7.99. The van der Waals surface area contributed by atoms with Gasteiger partial charge in [-0.05, 0) is 29.8 Å². The van der Waals surface area contributed by atoms with Gasteiger partial charge in [-0.1, -0.05) is 17.8 Å². The number of rotatable bonds is 6. The molecule has 2 rings (SSSR count). The van der Waals surface area contributed by atoms with Crippen LogP contribution < -0.4 is 5.32 Å². The summed E-state index contributed by atoms with van der Waals surface area (Å²) in [6, 6.07) is 5.08. The Morgan fingerprint density at radius 3 is 2.81 bits per heavy atom. The van der Waals surface area contributed by atoms with Crippen LogP contribution in [0.2, 0.25) is 0 Å². The van der Waals surface area contributed by atoms with Crippen LogP contribution in [0.4, 0.5) is 8.78 Å². The number of amides is 1. The fraction of sp³-hybridized carbons (Fsp3) is 0.308. The first-order valence-corrected chi connectivity index (χ1v) is 8.61. The summed E-state index contributed by atoms with van der Waals surface area (Å²) in [4.78, 5) is 13.3. The largest absolute Gasteiger partial charge is 0.383 e. The number of alkyl halides is 2. The molecule has 0 spiro atoms. The number of aliphatic hydroxyl groups is 1. The van der Waals surface area contributed by atoms with Crippen molar-refractivity contribution in [3.8, 4) is 0 Å². The highest BCUT2D eigenvalue weighted by atomic mass is 32.2. The number of carbonyl (C=O) groups is 1. The number of carbonyl (C=O) groups excluding carboxylic acids is 1. The van der Waals surface area contributed by atoms with Crippen LogP contribution in [0.25, 0.3) is 0 Å². The molecule has 2 aromatic rings. The van der Waals surface area contributed by atoms with Gasteiger partial charge in [-0.3, -0.25) is 4.79 Å². The average molecular weight is 349 g/mol. The molecule has 0 aliphatic rings. The standard InChI is InChI=1S/C13H13F2NO2S3/c1-13(18,9-3-2-5-19-9)7-16-11(17)10-8(4-6-20-10)21-12(14)15/h2-6,12,18H,7H2,1H3,(H,16,17). The van der Waals surface area contributed by atoms with Gasteiger partial charge >= 0.3 is 0 Å². The SMILES string of the molecule is CC(O)(CNC(=O)c1sccc1SC(F)F)c1cccs1. The van der Waals surface area contributed by atoms with Crippen LogP contribution in [0.3, 0.4) is 0 Å². The Morgan fingerprint density at radius 1 is 1.43 bits per heavy atom. The molecule has 2 aromatic heterocycles. The van der Waals surface area contributed by atoms with E-state index >= 15 is 0 Å². The first-order chi connectivity index (χ1) is 9.90. The first-order valence-electron chi connectivity index (χ1n) is 5.97. The van der Waals surface area contributed by atoms with E-state index in [0.717, 1.165) is 16.2 Å². The van der Waals surface area contributed by atoms with Gasteiger partial charge in [0.25, 0.3) is 11.7 Å². The number of thioether (sulfide) groups is 1. The summed E-state index contributed by atoms with van der Waals surface area (Å²) in [5, 5.41) is 16.3. The molecule has 114 valence electrons. The van der Waals surface area contributed by atoms with Crippen LogP contribution in [0.1, 0.15) is 21.5 Å². The summed E-state index contributed by atoms with van der Waals surface area (Å²) >= 11 is 2.84. The molecular weight excluding hydrogens is 336 g/mol. The fourth-order valence-corrected chi connectivity index (χ4v) is 4.06. The molecule has 0 aliphatic carbocycles. The van der Waals surface area contributed by atoms with Gasteiger partial charge in [0, 0.05) is 9.77 Å². The van der Waals surface area contributed by atoms with Gasteiger partial charge in [0.05, 0.1) is 6.54 Å². The molecule has 3 nitrogen and oxygen atoms in total. The normalized spacial score (nSPS) is 14.1. The van der Waals surface area contributed by atoms with Crippen molar-refractivity contribution in [2.24, 2.45) is 0 Å². The van der Waals surface area contributed by atoms with Gasteiger partial charge in [0.2, 0.25) is 0 Å². The van der Waals surface area contributed by atoms with Crippen LogP contribution in [0, 0.1) is 0 Å². The summed E-state index contributed by atoms with van der Waals surface area (Å²) in [5.41, 5.74) is -1.18. The molecule has 21 heavy (non-hydrogen) atoms. The number of hydrogen-bond donors (Lipinski definition) is 2. The van der Waals surface area contributed by atoms with Crippen molar-refractivity contribution in [2.75, 3.05) is 6.54 Å². The molecule has 1 amide bonds. The average Bonchev–Trinajstić information content (AvgIpc) is 3.06. The molecule has 0 saturated heterocycles. The van der Waals surface area contributed by atoms with Crippen molar-refractivity contribution in [3.63, 3.8) is 0 Å². The Morgan fingerprint density at radius 2 is 2.19 bits per heavy atom. The lowest BCUT2D eigenvalue weighted by Gasteiger charge is -2.22. The molecule has 0 radical (unpaired) electrons. The van der Waals surface area contributed by atoms with E-state index in [1.807, 2.05) is 11.4 Å². The molecular formula is C13H13F2NO2S3. The van der Waals surface area contributed by atoms with Gasteiger partial charge in [0.15, 0.2) is 0 Å². The predicted molar refractivity (Wildman–Crippen MR) is 82.4 cm³/mol. The lowest BCUT2D eigenvalue weighted by atomic mass is 10.1. The number of hydrogen-bond acceptors (Lipinski definition) is 5. The highest BCUT2D eigenvalue weighted by Crippen LogP contribution is 2.32. The van der Waals surface area contributed by atoms with Crippen molar-refractivity contribution in [1.82, 2.24) is 5.32 Å². The van der Waals surface area contributed by atoms with Crippen LogP contribution in [-0.2, 0) is 5.60 Å². The van der Waals surface area contributed by atoms with Crippen LogP contribution >= 0.6 is 34.4 Å². The van der Waals surface area contributed by atoms with Gasteiger partial charge in [-0.25, -0.2) is 0 Å². The van der Waals surface area contributed by atoms with E-state index in [4.69, 9.17) is 0 Å². The molecule has 0 saturated carbocycles. The van der Waals surface area contributed by atoms with E-state index in [1.165, 1.54) is 17.4 Å². The molecule has 1 unspecified atom stereocenters. The first kappa shape index (κ1) is 16.4. The summed E-state index contributed by atoms with van der Waals surface area (Å²) in [6.45, 7) is 1.62. The van der Waals surface area contributed by atoms with Crippen LogP contribution in [0.5, 0.6) is 0 Å². The lowest BCUT2D eigenvalue weighted by molar-refractivity contribution is 0.0557. The Labute approximate surface area is 133 Å². The van der Waals surface area contributed by atoms with E-state index in [9.17, 15) is 18.7 Å². The van der Waals surface area contributed by atoms with E-state index in [1.54, 1.807) is 18.4 Å². The monoisotopic (exact) mass is 349 g/mol. The molecule has 8 heteroatoms. The van der Waals surface area contributed by atoms with Crippen molar-refractivity contribution >= 4 is 40.3 Å². The van der Waals surface area contributed by atoms with Crippen molar-refractivity contribution in [1.29, 1.82) is 0 Å². The Bertz CT molecular complexity index is 596. The van der Waals surface area contributed by atoms with Gasteiger partial charge in [0.1, 0.15) is 10.5 Å². The zero-order chi connectivity index (χ0) is 15.5. The third kappa shape index (κ3) is 4.26. The van der Waals surface area contributed by atoms with Crippen molar-refractivity contribution in [3.05, 3.63) is 38.7 Å². The smallest absolute Gasteiger partial charge is 0.288 e. The van der Waals surface area contributed by atoms with Gasteiger partial charge in [-0.15, -0.1) is 22.7 Å². The van der Waals surface area contributed by atoms with E-state index in [-0.39, 0.29) is 16.3 Å². The van der Waals surface area contributed by atoms with Crippen molar-refractivity contribution in [2.45, 2.75) is 23.2 Å². The zero-order valence-corrected chi connectivity index (χ0v) is 13.5. The molecule has 2 heterocycles. The number of thiophene rings is 2. The molecule has 0 fully saturated rings. The Hall–Kier alpha value is -0.960. The second kappa shape index (κ2) is 6.87. The minimum absolute atomic E-state index is 0.0169. The Kier molecular flexibility index (Phi) is 5.37. The zero-order valence-electron chi connectivity index (χ0n) is 11.0. The quantitative estimate of drug-likeness (QED) is 0.781. The molecule has 0 bridgehead atoms. The molecule has 1 atom stereocenters. The predicted octanol–water partition coefficient (Wildman–Crippen LogP) is 3.76.